The molecule has 238 valence electrons. The third-order valence-electron chi connectivity index (χ3n) is 4.83. The minimum Gasteiger partial charge on any atom is -0.492 e. The van der Waals surface area contributed by atoms with Gasteiger partial charge in [0.1, 0.15) is 22.3 Å². The molecular formula is C31H53N4O6S+. The number of carbonyl (C=O) groups excluding carboxylic acids is 1. The maximum atomic E-state index is 12.6. The Kier molecular flexibility index (Phi) is 28.2. The maximum Gasteiger partial charge on any atom is 0.305 e. The smallest absolute Gasteiger partial charge is 0.305 e. The molecule has 0 spiro atoms. The van der Waals surface area contributed by atoms with Gasteiger partial charge in [0.05, 0.1) is 30.7 Å². The van der Waals surface area contributed by atoms with E-state index in [9.17, 15) is 18.6 Å². The lowest BCUT2D eigenvalue weighted by atomic mass is 10.2. The lowest BCUT2D eigenvalue weighted by Gasteiger charge is -2.09. The fourth-order valence-electron chi connectivity index (χ4n) is 3.01. The number of aromatic nitrogens is 1. The van der Waals surface area contributed by atoms with Crippen LogP contribution in [0.15, 0.2) is 70.5 Å². The monoisotopic (exact) mass is 609 g/mol. The average molecular weight is 610 g/mol. The molecule has 11 heteroatoms. The Balaban J connectivity index is -0.000000794. The Labute approximate surface area is 254 Å². The molecule has 10 nitrogen and oxygen atoms in total. The number of carboxylic acid groups (broad SMARTS) is 1. The molecule has 0 fully saturated rings. The van der Waals surface area contributed by atoms with Crippen molar-refractivity contribution in [1.29, 1.82) is 0 Å². The highest BCUT2D eigenvalue weighted by molar-refractivity contribution is 7.82. The van der Waals surface area contributed by atoms with Crippen LogP contribution in [-0.4, -0.2) is 45.3 Å². The Morgan fingerprint density at radius 1 is 0.952 bits per heavy atom. The number of pyridine rings is 2. The summed E-state index contributed by atoms with van der Waals surface area (Å²) in [5, 5.41) is 16.1. The summed E-state index contributed by atoms with van der Waals surface area (Å²) in [6.45, 7) is 13.4. The molecule has 1 unspecified atom stereocenters. The van der Waals surface area contributed by atoms with E-state index >= 15 is 0 Å². The molecule has 0 aliphatic rings. The van der Waals surface area contributed by atoms with E-state index in [1.54, 1.807) is 48.7 Å². The Hall–Kier alpha value is -3.54. The van der Waals surface area contributed by atoms with Crippen LogP contribution in [-0.2, 0) is 15.8 Å². The number of ether oxygens (including phenoxy) is 1. The number of unbranched alkanes of at least 4 members (excludes halogenated alkanes) is 2. The van der Waals surface area contributed by atoms with Crippen molar-refractivity contribution in [3.05, 3.63) is 76.7 Å². The number of carbonyl (C=O) groups is 2. The number of nitrogens with one attached hydrogen (secondary N) is 1. The van der Waals surface area contributed by atoms with Crippen LogP contribution in [0.3, 0.4) is 0 Å². The summed E-state index contributed by atoms with van der Waals surface area (Å²) < 4.78 is 17.6. The van der Waals surface area contributed by atoms with Gasteiger partial charge in [0.15, 0.2) is 0 Å². The topological polar surface area (TPSA) is 168 Å². The number of fused-ring (bicyclic) bond motifs is 1. The molecule has 2 heterocycles. The van der Waals surface area contributed by atoms with Crippen LogP contribution in [0.1, 0.15) is 85.0 Å². The minimum absolute atomic E-state index is 0. The molecule has 0 saturated heterocycles. The Bertz CT molecular complexity index is 1200. The van der Waals surface area contributed by atoms with E-state index in [1.807, 2.05) is 47.6 Å². The van der Waals surface area contributed by atoms with Crippen molar-refractivity contribution < 1.29 is 29.4 Å². The largest absolute Gasteiger partial charge is 0.492 e. The summed E-state index contributed by atoms with van der Waals surface area (Å²) in [5.41, 5.74) is 3.92. The predicted octanol–water partition coefficient (Wildman–Crippen LogP) is 4.68. The second kappa shape index (κ2) is 27.6. The van der Waals surface area contributed by atoms with Crippen molar-refractivity contribution in [3.63, 3.8) is 0 Å². The molecule has 0 bridgehead atoms. The highest BCUT2D eigenvalue weighted by atomic mass is 32.2. The molecular weight excluding hydrogens is 556 g/mol. The number of rotatable bonds is 11. The summed E-state index contributed by atoms with van der Waals surface area (Å²) in [5.74, 6) is -1.06. The van der Waals surface area contributed by atoms with Gasteiger partial charge in [0, 0.05) is 12.1 Å². The first-order valence-electron chi connectivity index (χ1n) is 14.1. The third kappa shape index (κ3) is 17.3. The van der Waals surface area contributed by atoms with Gasteiger partial charge in [-0.15, -0.1) is 0 Å². The molecule has 3 aromatic rings. The SMILES string of the molecule is C.CC.CC.CC.NS(=O)c1ccccc1.[NH3+]CCCCCOc1ccc2ccc(C(=O)NCCC(=O)O)c(=O)n2c1. The number of quaternary nitrogens is 1. The van der Waals surface area contributed by atoms with Gasteiger partial charge in [-0.3, -0.25) is 18.8 Å². The molecule has 0 aliphatic heterocycles. The van der Waals surface area contributed by atoms with Gasteiger partial charge in [-0.1, -0.05) is 67.2 Å². The van der Waals surface area contributed by atoms with Crippen LogP contribution in [0.25, 0.3) is 5.52 Å². The fourth-order valence-corrected chi connectivity index (χ4v) is 3.44. The second-order valence-corrected chi connectivity index (χ2v) is 8.55. The van der Waals surface area contributed by atoms with Crippen LogP contribution < -0.4 is 26.5 Å². The van der Waals surface area contributed by atoms with Gasteiger partial charge in [-0.2, -0.15) is 0 Å². The average Bonchev–Trinajstić information content (AvgIpc) is 3.01. The molecule has 42 heavy (non-hydrogen) atoms. The zero-order chi connectivity index (χ0) is 31.6. The van der Waals surface area contributed by atoms with Crippen molar-refractivity contribution in [2.45, 2.75) is 79.5 Å². The summed E-state index contributed by atoms with van der Waals surface area (Å²) >= 11 is 0. The zero-order valence-electron chi connectivity index (χ0n) is 25.4. The van der Waals surface area contributed by atoms with Gasteiger partial charge >= 0.3 is 5.97 Å². The van der Waals surface area contributed by atoms with E-state index in [0.29, 0.717) is 22.8 Å². The highest BCUT2D eigenvalue weighted by Gasteiger charge is 2.13. The van der Waals surface area contributed by atoms with Crippen molar-refractivity contribution in [3.8, 4) is 5.75 Å². The standard InChI is InChI=1S/C18H23N3O5.C6H7NOS.3C2H6.CH4/c19-9-2-1-3-11-26-14-6-4-13-5-7-15(18(25)21(13)12-14)17(24)20-10-8-16(22)23;7-9(8)6-4-2-1-3-5-6;3*1-2;/h4-7,12H,1-3,8-11,19H2,(H,20,24)(H,22,23);1-5H,7H2;3*1-2H3;1H4/p+1. The normalized spacial score (nSPS) is 9.81. The molecule has 7 N–H and O–H groups in total. The van der Waals surface area contributed by atoms with E-state index < -0.39 is 28.4 Å². The van der Waals surface area contributed by atoms with Crippen molar-refractivity contribution in [2.24, 2.45) is 5.14 Å². The maximum absolute atomic E-state index is 12.6. The van der Waals surface area contributed by atoms with Gasteiger partial charge in [0.25, 0.3) is 11.5 Å². The quantitative estimate of drug-likeness (QED) is 0.230. The van der Waals surface area contributed by atoms with E-state index in [4.69, 9.17) is 15.0 Å². The number of nitrogens with zero attached hydrogens (tertiary/aromatic N) is 1. The van der Waals surface area contributed by atoms with Crippen molar-refractivity contribution in [2.75, 3.05) is 19.7 Å². The first kappa shape index (κ1) is 42.9. The number of benzene rings is 1. The Morgan fingerprint density at radius 2 is 1.55 bits per heavy atom. The van der Waals surface area contributed by atoms with Crippen LogP contribution in [0, 0.1) is 0 Å². The van der Waals surface area contributed by atoms with E-state index in [0.717, 1.165) is 25.8 Å². The van der Waals surface area contributed by atoms with E-state index in [1.165, 1.54) is 10.5 Å². The molecule has 2 aromatic heterocycles. The number of carboxylic acids is 1. The molecule has 3 rings (SSSR count). The molecule has 1 amide bonds. The van der Waals surface area contributed by atoms with Crippen LogP contribution >= 0.6 is 0 Å². The number of hydrogen-bond acceptors (Lipinski definition) is 5. The van der Waals surface area contributed by atoms with Gasteiger partial charge in [0.2, 0.25) is 0 Å². The summed E-state index contributed by atoms with van der Waals surface area (Å²) in [4.78, 5) is 35.8. The molecule has 0 saturated carbocycles. The van der Waals surface area contributed by atoms with Crippen LogP contribution in [0.4, 0.5) is 0 Å². The lowest BCUT2D eigenvalue weighted by molar-refractivity contribution is -0.368. The molecule has 0 aliphatic carbocycles. The Morgan fingerprint density at radius 3 is 2.07 bits per heavy atom. The molecule has 1 aromatic carbocycles. The first-order chi connectivity index (χ1) is 19.8. The van der Waals surface area contributed by atoms with E-state index in [-0.39, 0.29) is 26.0 Å². The lowest BCUT2D eigenvalue weighted by Crippen LogP contribution is -2.50. The third-order valence-corrected chi connectivity index (χ3v) is 5.57. The van der Waals surface area contributed by atoms with Crippen molar-refractivity contribution in [1.82, 2.24) is 9.72 Å². The van der Waals surface area contributed by atoms with Crippen LogP contribution in [0.2, 0.25) is 0 Å². The van der Waals surface area contributed by atoms with E-state index in [2.05, 4.69) is 11.1 Å². The number of nitrogens with two attached hydrogens (primary N) is 1. The first-order valence-corrected chi connectivity index (χ1v) is 15.3. The van der Waals surface area contributed by atoms with Gasteiger partial charge < -0.3 is 20.9 Å². The fraction of sp³-hybridized carbons (Fsp3) is 0.452. The summed E-state index contributed by atoms with van der Waals surface area (Å²) in [7, 11) is -1.33. The summed E-state index contributed by atoms with van der Waals surface area (Å²) in [6.07, 6.45) is 4.37. The number of amides is 1. The predicted molar refractivity (Wildman–Crippen MR) is 173 cm³/mol. The molecule has 0 radical (unpaired) electrons. The highest BCUT2D eigenvalue weighted by Crippen LogP contribution is 2.13. The van der Waals surface area contributed by atoms with Gasteiger partial charge in [-0.05, 0) is 55.7 Å². The molecule has 1 atom stereocenters. The zero-order valence-corrected chi connectivity index (χ0v) is 26.2. The van der Waals surface area contributed by atoms with Gasteiger partial charge in [-0.25, -0.2) is 9.35 Å². The number of hydrogen-bond donors (Lipinski definition) is 4. The van der Waals surface area contributed by atoms with Crippen LogP contribution in [0.5, 0.6) is 5.75 Å². The van der Waals surface area contributed by atoms with Crippen molar-refractivity contribution >= 4 is 28.4 Å². The minimum atomic E-state index is -1.33. The summed E-state index contributed by atoms with van der Waals surface area (Å²) in [6, 6.07) is 15.6. The second-order valence-electron chi connectivity index (χ2n) is 7.48. The number of aliphatic carboxylic acids is 1.